The molecular formula is C20H27N3O2. The average Bonchev–Trinajstić information content (AvgIpc) is 3.07. The zero-order chi connectivity index (χ0) is 17.5. The minimum absolute atomic E-state index is 0.232. The number of aryl methyl sites for hydroxylation is 1. The number of carbonyl (C=O) groups is 1. The molecular weight excluding hydrogens is 314 g/mol. The number of nitrogens with zero attached hydrogens (tertiary/aromatic N) is 3. The van der Waals surface area contributed by atoms with Gasteiger partial charge in [-0.05, 0) is 43.9 Å². The summed E-state index contributed by atoms with van der Waals surface area (Å²) in [6.07, 6.45) is 9.78. The third-order valence-corrected chi connectivity index (χ3v) is 4.78. The van der Waals surface area contributed by atoms with Crippen LogP contribution in [0.1, 0.15) is 38.2 Å². The van der Waals surface area contributed by atoms with Gasteiger partial charge in [-0.3, -0.25) is 4.79 Å². The average molecular weight is 341 g/mol. The predicted octanol–water partition coefficient (Wildman–Crippen LogP) is 3.50. The topological polar surface area (TPSA) is 47.4 Å². The zero-order valence-corrected chi connectivity index (χ0v) is 14.9. The normalized spacial score (nSPS) is 14.1. The molecule has 0 unspecified atom stereocenters. The van der Waals surface area contributed by atoms with Crippen LogP contribution in [-0.2, 0) is 17.9 Å². The van der Waals surface area contributed by atoms with Gasteiger partial charge in [0, 0.05) is 37.9 Å². The molecule has 1 aliphatic carbocycles. The van der Waals surface area contributed by atoms with Crippen LogP contribution in [0.25, 0.3) is 0 Å². The number of rotatable bonds is 9. The SMILES string of the molecule is CCOc1ccc(CN(CCCn2ccnc2)C(=O)C2CCC2)cc1. The molecule has 2 aromatic rings. The Morgan fingerprint density at radius 3 is 2.72 bits per heavy atom. The lowest BCUT2D eigenvalue weighted by Gasteiger charge is -2.32. The molecule has 0 bridgehead atoms. The highest BCUT2D eigenvalue weighted by Gasteiger charge is 2.29. The summed E-state index contributed by atoms with van der Waals surface area (Å²) in [4.78, 5) is 18.9. The molecule has 0 spiro atoms. The van der Waals surface area contributed by atoms with E-state index in [0.717, 1.165) is 43.7 Å². The maximum Gasteiger partial charge on any atom is 0.225 e. The quantitative estimate of drug-likeness (QED) is 0.701. The van der Waals surface area contributed by atoms with Gasteiger partial charge in [-0.25, -0.2) is 4.98 Å². The molecule has 1 heterocycles. The van der Waals surface area contributed by atoms with E-state index in [2.05, 4.69) is 21.7 Å². The maximum atomic E-state index is 12.8. The number of ether oxygens (including phenoxy) is 1. The van der Waals surface area contributed by atoms with Crippen molar-refractivity contribution in [1.82, 2.24) is 14.5 Å². The summed E-state index contributed by atoms with van der Waals surface area (Å²) in [7, 11) is 0. The summed E-state index contributed by atoms with van der Waals surface area (Å²) in [6, 6.07) is 8.08. The van der Waals surface area contributed by atoms with Crippen molar-refractivity contribution in [3.63, 3.8) is 0 Å². The molecule has 25 heavy (non-hydrogen) atoms. The van der Waals surface area contributed by atoms with Crippen molar-refractivity contribution < 1.29 is 9.53 Å². The van der Waals surface area contributed by atoms with Gasteiger partial charge in [-0.15, -0.1) is 0 Å². The minimum Gasteiger partial charge on any atom is -0.494 e. The number of benzene rings is 1. The van der Waals surface area contributed by atoms with Crippen molar-refractivity contribution in [2.45, 2.75) is 45.7 Å². The van der Waals surface area contributed by atoms with Crippen molar-refractivity contribution in [2.75, 3.05) is 13.2 Å². The summed E-state index contributed by atoms with van der Waals surface area (Å²) in [5.41, 5.74) is 1.15. The molecule has 1 aromatic heterocycles. The van der Waals surface area contributed by atoms with E-state index in [4.69, 9.17) is 4.74 Å². The van der Waals surface area contributed by atoms with Crippen LogP contribution in [-0.4, -0.2) is 33.5 Å². The molecule has 1 saturated carbocycles. The van der Waals surface area contributed by atoms with E-state index in [1.807, 2.05) is 36.5 Å². The Morgan fingerprint density at radius 2 is 2.12 bits per heavy atom. The van der Waals surface area contributed by atoms with Gasteiger partial charge in [0.2, 0.25) is 5.91 Å². The molecule has 134 valence electrons. The molecule has 3 rings (SSSR count). The monoisotopic (exact) mass is 341 g/mol. The van der Waals surface area contributed by atoms with Crippen LogP contribution in [0.4, 0.5) is 0 Å². The molecule has 0 N–H and O–H groups in total. The van der Waals surface area contributed by atoms with Gasteiger partial charge < -0.3 is 14.2 Å². The molecule has 1 aromatic carbocycles. The summed E-state index contributed by atoms with van der Waals surface area (Å²) in [5.74, 6) is 1.42. The number of aromatic nitrogens is 2. The Labute approximate surface area is 149 Å². The van der Waals surface area contributed by atoms with Gasteiger partial charge in [0.15, 0.2) is 0 Å². The molecule has 0 atom stereocenters. The Bertz CT molecular complexity index is 648. The van der Waals surface area contributed by atoms with Crippen LogP contribution in [0.15, 0.2) is 43.0 Å². The van der Waals surface area contributed by atoms with E-state index < -0.39 is 0 Å². The second-order valence-corrected chi connectivity index (χ2v) is 6.62. The first-order valence-electron chi connectivity index (χ1n) is 9.22. The van der Waals surface area contributed by atoms with Crippen LogP contribution in [0, 0.1) is 5.92 Å². The van der Waals surface area contributed by atoms with Crippen LogP contribution in [0.3, 0.4) is 0 Å². The first kappa shape index (κ1) is 17.5. The molecule has 0 saturated heterocycles. The van der Waals surface area contributed by atoms with Gasteiger partial charge in [0.25, 0.3) is 0 Å². The van der Waals surface area contributed by atoms with Gasteiger partial charge in [0.05, 0.1) is 12.9 Å². The van der Waals surface area contributed by atoms with Gasteiger partial charge >= 0.3 is 0 Å². The Balaban J connectivity index is 1.59. The van der Waals surface area contributed by atoms with E-state index >= 15 is 0 Å². The van der Waals surface area contributed by atoms with Gasteiger partial charge in [-0.1, -0.05) is 18.6 Å². The second-order valence-electron chi connectivity index (χ2n) is 6.62. The summed E-state index contributed by atoms with van der Waals surface area (Å²) in [5, 5.41) is 0. The molecule has 1 fully saturated rings. The van der Waals surface area contributed by atoms with Gasteiger partial charge in [0.1, 0.15) is 5.75 Å². The van der Waals surface area contributed by atoms with E-state index in [1.165, 1.54) is 6.42 Å². The number of amides is 1. The van der Waals surface area contributed by atoms with Crippen molar-refractivity contribution in [3.8, 4) is 5.75 Å². The molecule has 0 radical (unpaired) electrons. The second kappa shape index (κ2) is 8.70. The summed E-state index contributed by atoms with van der Waals surface area (Å²) < 4.78 is 7.55. The molecule has 0 aliphatic heterocycles. The fraction of sp³-hybridized carbons (Fsp3) is 0.500. The number of hydrogen-bond donors (Lipinski definition) is 0. The molecule has 1 amide bonds. The van der Waals surface area contributed by atoms with Crippen LogP contribution >= 0.6 is 0 Å². The Morgan fingerprint density at radius 1 is 1.32 bits per heavy atom. The molecule has 5 heteroatoms. The largest absolute Gasteiger partial charge is 0.494 e. The first-order valence-corrected chi connectivity index (χ1v) is 9.22. The Hall–Kier alpha value is -2.30. The number of carbonyl (C=O) groups excluding carboxylic acids is 1. The predicted molar refractivity (Wildman–Crippen MR) is 97.2 cm³/mol. The minimum atomic E-state index is 0.232. The fourth-order valence-electron chi connectivity index (χ4n) is 3.12. The van der Waals surface area contributed by atoms with E-state index in [-0.39, 0.29) is 5.92 Å². The van der Waals surface area contributed by atoms with Crippen molar-refractivity contribution in [2.24, 2.45) is 5.92 Å². The van der Waals surface area contributed by atoms with Crippen molar-refractivity contribution in [3.05, 3.63) is 48.5 Å². The number of imidazole rings is 1. The first-order chi connectivity index (χ1) is 12.3. The standard InChI is InChI=1S/C20H27N3O2/c1-2-25-19-9-7-17(8-10-19)15-23(20(24)18-5-3-6-18)13-4-12-22-14-11-21-16-22/h7-11,14,16,18H,2-6,12-13,15H2,1H3. The van der Waals surface area contributed by atoms with E-state index in [9.17, 15) is 4.79 Å². The molecule has 1 aliphatic rings. The number of hydrogen-bond acceptors (Lipinski definition) is 3. The van der Waals surface area contributed by atoms with E-state index in [1.54, 1.807) is 6.20 Å². The van der Waals surface area contributed by atoms with E-state index in [0.29, 0.717) is 19.1 Å². The highest BCUT2D eigenvalue weighted by Crippen LogP contribution is 2.29. The fourth-order valence-corrected chi connectivity index (χ4v) is 3.12. The summed E-state index contributed by atoms with van der Waals surface area (Å²) in [6.45, 7) is 4.98. The summed E-state index contributed by atoms with van der Waals surface area (Å²) >= 11 is 0. The highest BCUT2D eigenvalue weighted by molar-refractivity contribution is 5.79. The third kappa shape index (κ3) is 4.84. The lowest BCUT2D eigenvalue weighted by atomic mass is 9.84. The van der Waals surface area contributed by atoms with Crippen LogP contribution in [0.2, 0.25) is 0 Å². The third-order valence-electron chi connectivity index (χ3n) is 4.78. The van der Waals surface area contributed by atoms with Gasteiger partial charge in [-0.2, -0.15) is 0 Å². The maximum absolute atomic E-state index is 12.8. The Kier molecular flexibility index (Phi) is 6.09. The highest BCUT2D eigenvalue weighted by atomic mass is 16.5. The van der Waals surface area contributed by atoms with Crippen molar-refractivity contribution in [1.29, 1.82) is 0 Å². The van der Waals surface area contributed by atoms with Crippen LogP contribution in [0.5, 0.6) is 5.75 Å². The lowest BCUT2D eigenvalue weighted by Crippen LogP contribution is -2.39. The smallest absolute Gasteiger partial charge is 0.225 e. The molecule has 5 nitrogen and oxygen atoms in total. The van der Waals surface area contributed by atoms with Crippen molar-refractivity contribution >= 4 is 5.91 Å². The zero-order valence-electron chi connectivity index (χ0n) is 14.9. The van der Waals surface area contributed by atoms with Crippen LogP contribution < -0.4 is 4.74 Å². The lowest BCUT2D eigenvalue weighted by molar-refractivity contribution is -0.138.